The molecule has 7 nitrogen and oxygen atoms in total. The van der Waals surface area contributed by atoms with Gasteiger partial charge < -0.3 is 9.15 Å². The number of aromatic amines is 1. The normalized spacial score (nSPS) is 12.3. The van der Waals surface area contributed by atoms with Gasteiger partial charge in [0, 0.05) is 12.0 Å². The Balaban J connectivity index is 1.79. The maximum atomic E-state index is 11.1. The second kappa shape index (κ2) is 7.14. The highest BCUT2D eigenvalue weighted by Crippen LogP contribution is 2.31. The van der Waals surface area contributed by atoms with Crippen LogP contribution in [0.25, 0.3) is 11.4 Å². The number of benzene rings is 1. The maximum absolute atomic E-state index is 11.1. The Morgan fingerprint density at radius 3 is 2.84 bits per heavy atom. The molecule has 1 aromatic carbocycles. The van der Waals surface area contributed by atoms with Crippen LogP contribution in [0.15, 0.2) is 31.9 Å². The van der Waals surface area contributed by atoms with E-state index in [0.29, 0.717) is 28.0 Å². The van der Waals surface area contributed by atoms with Gasteiger partial charge in [0.05, 0.1) is 10.7 Å². The van der Waals surface area contributed by atoms with Crippen LogP contribution in [-0.4, -0.2) is 15.1 Å². The van der Waals surface area contributed by atoms with E-state index in [4.69, 9.17) is 20.8 Å². The third-order valence-electron chi connectivity index (χ3n) is 3.66. The largest absolute Gasteiger partial charge is 0.483 e. The third kappa shape index (κ3) is 3.76. The van der Waals surface area contributed by atoms with Gasteiger partial charge in [-0.05, 0) is 38.5 Å². The number of hydrogen-bond acceptors (Lipinski definition) is 6. The SMILES string of the molecule is CCCc1nc(C)c(C(C)Oc2ccc(-c3noc(=O)[nH]3)c(Cl)c2)o1. The molecular formula is C17H18ClN3O4. The highest BCUT2D eigenvalue weighted by atomic mass is 35.5. The second-order valence-corrected chi connectivity index (χ2v) is 6.06. The molecule has 1 unspecified atom stereocenters. The molecule has 3 aromatic rings. The molecule has 2 heterocycles. The van der Waals surface area contributed by atoms with Gasteiger partial charge in [0.25, 0.3) is 0 Å². The molecule has 0 aliphatic carbocycles. The van der Waals surface area contributed by atoms with E-state index >= 15 is 0 Å². The van der Waals surface area contributed by atoms with Gasteiger partial charge in [0.1, 0.15) is 5.75 Å². The number of aromatic nitrogens is 3. The number of halogens is 1. The molecule has 0 saturated carbocycles. The average molecular weight is 364 g/mol. The minimum atomic E-state index is -0.635. The zero-order chi connectivity index (χ0) is 18.0. The van der Waals surface area contributed by atoms with Crippen molar-refractivity contribution in [2.75, 3.05) is 0 Å². The van der Waals surface area contributed by atoms with Crippen molar-refractivity contribution in [1.82, 2.24) is 15.1 Å². The second-order valence-electron chi connectivity index (χ2n) is 5.65. The first kappa shape index (κ1) is 17.3. The molecule has 0 aliphatic heterocycles. The standard InChI is InChI=1S/C17H18ClN3O4/c1-4-5-14-19-9(2)15(24-14)10(3)23-11-6-7-12(13(18)8-11)16-20-17(22)25-21-16/h6-8,10H,4-5H2,1-3H3,(H,20,21,22). The summed E-state index contributed by atoms with van der Waals surface area (Å²) in [7, 11) is 0. The molecule has 25 heavy (non-hydrogen) atoms. The van der Waals surface area contributed by atoms with E-state index in [2.05, 4.69) is 26.6 Å². The summed E-state index contributed by atoms with van der Waals surface area (Å²) in [5.41, 5.74) is 1.37. The monoisotopic (exact) mass is 363 g/mol. The number of rotatable bonds is 6. The summed E-state index contributed by atoms with van der Waals surface area (Å²) < 4.78 is 16.2. The van der Waals surface area contributed by atoms with Crippen molar-refractivity contribution in [2.45, 2.75) is 39.7 Å². The quantitative estimate of drug-likeness (QED) is 0.709. The Kier molecular flexibility index (Phi) is 4.94. The highest BCUT2D eigenvalue weighted by Gasteiger charge is 2.18. The molecular weight excluding hydrogens is 346 g/mol. The Morgan fingerprint density at radius 1 is 1.40 bits per heavy atom. The number of nitrogens with one attached hydrogen (secondary N) is 1. The molecule has 1 N–H and O–H groups in total. The van der Waals surface area contributed by atoms with Crippen LogP contribution in [0.2, 0.25) is 5.02 Å². The zero-order valence-corrected chi connectivity index (χ0v) is 14.9. The number of H-pyrrole nitrogens is 1. The highest BCUT2D eigenvalue weighted by molar-refractivity contribution is 6.33. The fraction of sp³-hybridized carbons (Fsp3) is 0.353. The van der Waals surface area contributed by atoms with Crippen molar-refractivity contribution in [2.24, 2.45) is 0 Å². The lowest BCUT2D eigenvalue weighted by Gasteiger charge is -2.13. The van der Waals surface area contributed by atoms with Crippen LogP contribution < -0.4 is 10.5 Å². The van der Waals surface area contributed by atoms with E-state index in [0.717, 1.165) is 18.5 Å². The Bertz CT molecular complexity index is 928. The van der Waals surface area contributed by atoms with Crippen LogP contribution >= 0.6 is 11.6 Å². The van der Waals surface area contributed by atoms with Crippen molar-refractivity contribution < 1.29 is 13.7 Å². The van der Waals surface area contributed by atoms with Gasteiger partial charge in [-0.3, -0.25) is 9.51 Å². The summed E-state index contributed by atoms with van der Waals surface area (Å²) in [6.07, 6.45) is 1.45. The fourth-order valence-electron chi connectivity index (χ4n) is 2.53. The van der Waals surface area contributed by atoms with Gasteiger partial charge in [-0.15, -0.1) is 0 Å². The van der Waals surface area contributed by atoms with Crippen molar-refractivity contribution in [3.8, 4) is 17.1 Å². The van der Waals surface area contributed by atoms with Crippen molar-refractivity contribution >= 4 is 11.6 Å². The number of oxazole rings is 1. The molecule has 0 saturated heterocycles. The predicted octanol–water partition coefficient (Wildman–Crippen LogP) is 4.07. The van der Waals surface area contributed by atoms with Crippen LogP contribution in [0.1, 0.15) is 43.7 Å². The van der Waals surface area contributed by atoms with E-state index in [-0.39, 0.29) is 11.9 Å². The number of aryl methyl sites for hydroxylation is 2. The zero-order valence-electron chi connectivity index (χ0n) is 14.1. The summed E-state index contributed by atoms with van der Waals surface area (Å²) >= 11 is 6.26. The molecule has 0 radical (unpaired) electrons. The van der Waals surface area contributed by atoms with Gasteiger partial charge >= 0.3 is 5.76 Å². The number of nitrogens with zero attached hydrogens (tertiary/aromatic N) is 2. The third-order valence-corrected chi connectivity index (χ3v) is 3.97. The molecule has 132 valence electrons. The summed E-state index contributed by atoms with van der Waals surface area (Å²) in [5, 5.41) is 4.01. The van der Waals surface area contributed by atoms with Crippen LogP contribution in [0.3, 0.4) is 0 Å². The summed E-state index contributed by atoms with van der Waals surface area (Å²) in [5.74, 6) is 1.62. The van der Waals surface area contributed by atoms with Crippen molar-refractivity contribution in [3.05, 3.63) is 51.1 Å². The molecule has 8 heteroatoms. The maximum Gasteiger partial charge on any atom is 0.439 e. The fourth-order valence-corrected chi connectivity index (χ4v) is 2.79. The summed E-state index contributed by atoms with van der Waals surface area (Å²) in [4.78, 5) is 17.9. The van der Waals surface area contributed by atoms with Crippen LogP contribution in [0, 0.1) is 6.92 Å². The van der Waals surface area contributed by atoms with E-state index in [1.54, 1.807) is 18.2 Å². The minimum Gasteiger partial charge on any atom is -0.483 e. The Morgan fingerprint density at radius 2 is 2.20 bits per heavy atom. The first-order valence-corrected chi connectivity index (χ1v) is 8.34. The molecule has 0 spiro atoms. The molecule has 0 amide bonds. The average Bonchev–Trinajstić information content (AvgIpc) is 3.14. The Hall–Kier alpha value is -2.54. The van der Waals surface area contributed by atoms with E-state index in [1.165, 1.54) is 0 Å². The lowest BCUT2D eigenvalue weighted by Crippen LogP contribution is -2.03. The molecule has 3 rings (SSSR count). The van der Waals surface area contributed by atoms with Gasteiger partial charge in [-0.25, -0.2) is 9.78 Å². The molecule has 2 aromatic heterocycles. The summed E-state index contributed by atoms with van der Waals surface area (Å²) in [6.45, 7) is 5.86. The summed E-state index contributed by atoms with van der Waals surface area (Å²) in [6, 6.07) is 5.09. The van der Waals surface area contributed by atoms with Crippen molar-refractivity contribution in [1.29, 1.82) is 0 Å². The first-order valence-electron chi connectivity index (χ1n) is 7.96. The van der Waals surface area contributed by atoms with Crippen LogP contribution in [-0.2, 0) is 6.42 Å². The van der Waals surface area contributed by atoms with Crippen LogP contribution in [0.4, 0.5) is 0 Å². The molecule has 1 atom stereocenters. The predicted molar refractivity (Wildman–Crippen MR) is 91.8 cm³/mol. The lowest BCUT2D eigenvalue weighted by molar-refractivity contribution is 0.191. The van der Waals surface area contributed by atoms with Gasteiger partial charge in [-0.1, -0.05) is 23.7 Å². The molecule has 0 bridgehead atoms. The van der Waals surface area contributed by atoms with E-state index in [9.17, 15) is 4.79 Å². The van der Waals surface area contributed by atoms with Crippen LogP contribution in [0.5, 0.6) is 5.75 Å². The Labute approximate surface area is 149 Å². The molecule has 0 fully saturated rings. The first-order chi connectivity index (χ1) is 12.0. The van der Waals surface area contributed by atoms with Gasteiger partial charge in [-0.2, -0.15) is 0 Å². The van der Waals surface area contributed by atoms with Gasteiger partial charge in [0.15, 0.2) is 23.6 Å². The van der Waals surface area contributed by atoms with E-state index < -0.39 is 5.76 Å². The minimum absolute atomic E-state index is 0.268. The van der Waals surface area contributed by atoms with Crippen molar-refractivity contribution in [3.63, 3.8) is 0 Å². The number of hydrogen-bond donors (Lipinski definition) is 1. The van der Waals surface area contributed by atoms with E-state index in [1.807, 2.05) is 13.8 Å². The van der Waals surface area contributed by atoms with Gasteiger partial charge in [0.2, 0.25) is 0 Å². The lowest BCUT2D eigenvalue weighted by atomic mass is 10.2. The smallest absolute Gasteiger partial charge is 0.439 e. The molecule has 0 aliphatic rings. The topological polar surface area (TPSA) is 94.1 Å². The number of ether oxygens (including phenoxy) is 1.